The van der Waals surface area contributed by atoms with Gasteiger partial charge < -0.3 is 10.9 Å². The third kappa shape index (κ3) is 2.05. The number of nitrogens with two attached hydrogens (primary N) is 1. The van der Waals surface area contributed by atoms with Crippen LogP contribution < -0.4 is 15.8 Å². The molecule has 0 radical (unpaired) electrons. The summed E-state index contributed by atoms with van der Waals surface area (Å²) < 4.78 is 0.902. The first kappa shape index (κ1) is 7.74. The second kappa shape index (κ2) is 3.16. The number of rotatable bonds is 1. The molecule has 0 unspecified atom stereocenters. The highest BCUT2D eigenvalue weighted by Crippen LogP contribution is 1.94. The maximum absolute atomic E-state index is 9.10. The van der Waals surface area contributed by atoms with Gasteiger partial charge in [0.1, 0.15) is 6.20 Å². The SMILES string of the molecule is NC(=S)Nc1cccc[n+]1O. The minimum absolute atomic E-state index is 0.124. The van der Waals surface area contributed by atoms with Crippen LogP contribution in [-0.2, 0) is 0 Å². The molecule has 0 aliphatic carbocycles. The van der Waals surface area contributed by atoms with Gasteiger partial charge in [0, 0.05) is 6.07 Å². The number of nitrogens with one attached hydrogen (secondary N) is 1. The van der Waals surface area contributed by atoms with E-state index in [2.05, 4.69) is 17.5 Å². The van der Waals surface area contributed by atoms with Crippen molar-refractivity contribution in [2.24, 2.45) is 5.73 Å². The molecule has 4 nitrogen and oxygen atoms in total. The molecular weight excluding hydrogens is 162 g/mol. The van der Waals surface area contributed by atoms with Crippen molar-refractivity contribution in [2.75, 3.05) is 5.32 Å². The maximum atomic E-state index is 9.10. The van der Waals surface area contributed by atoms with Crippen molar-refractivity contribution in [2.45, 2.75) is 0 Å². The molecule has 0 aromatic carbocycles. The van der Waals surface area contributed by atoms with Gasteiger partial charge in [0.05, 0.1) is 0 Å². The Bertz CT molecular complexity index is 276. The zero-order valence-electron chi connectivity index (χ0n) is 5.69. The molecule has 0 saturated carbocycles. The Balaban J connectivity index is 2.86. The Morgan fingerprint density at radius 3 is 2.91 bits per heavy atom. The van der Waals surface area contributed by atoms with Gasteiger partial charge in [-0.05, 0) is 18.3 Å². The number of thiocarbonyl (C=S) groups is 1. The predicted molar refractivity (Wildman–Crippen MR) is 44.2 cm³/mol. The van der Waals surface area contributed by atoms with Crippen LogP contribution in [0.2, 0.25) is 0 Å². The third-order valence-corrected chi connectivity index (χ3v) is 1.19. The third-order valence-electron chi connectivity index (χ3n) is 1.09. The van der Waals surface area contributed by atoms with Crippen LogP contribution in [0.15, 0.2) is 24.4 Å². The van der Waals surface area contributed by atoms with Crippen molar-refractivity contribution in [1.29, 1.82) is 0 Å². The van der Waals surface area contributed by atoms with Gasteiger partial charge in [-0.25, -0.2) is 5.32 Å². The summed E-state index contributed by atoms with van der Waals surface area (Å²) >= 11 is 4.58. The first-order chi connectivity index (χ1) is 5.20. The van der Waals surface area contributed by atoms with E-state index in [1.165, 1.54) is 6.20 Å². The van der Waals surface area contributed by atoms with Gasteiger partial charge in [0.2, 0.25) is 0 Å². The number of pyridine rings is 1. The zero-order chi connectivity index (χ0) is 8.27. The molecule has 1 aromatic rings. The number of hydrogen-bond acceptors (Lipinski definition) is 2. The van der Waals surface area contributed by atoms with E-state index in [1.807, 2.05) is 0 Å². The molecule has 0 saturated heterocycles. The second-order valence-electron chi connectivity index (χ2n) is 1.92. The van der Waals surface area contributed by atoms with Gasteiger partial charge in [-0.3, -0.25) is 0 Å². The highest BCUT2D eigenvalue weighted by molar-refractivity contribution is 7.80. The summed E-state index contributed by atoms with van der Waals surface area (Å²) in [5, 5.41) is 11.8. The van der Waals surface area contributed by atoms with E-state index in [1.54, 1.807) is 18.2 Å². The van der Waals surface area contributed by atoms with Crippen LogP contribution >= 0.6 is 12.2 Å². The summed E-state index contributed by atoms with van der Waals surface area (Å²) in [4.78, 5) is 0. The lowest BCUT2D eigenvalue weighted by Gasteiger charge is -1.96. The quantitative estimate of drug-likeness (QED) is 0.312. The molecule has 5 heteroatoms. The zero-order valence-corrected chi connectivity index (χ0v) is 6.51. The summed E-state index contributed by atoms with van der Waals surface area (Å²) in [6.45, 7) is 0. The Morgan fingerprint density at radius 1 is 1.64 bits per heavy atom. The van der Waals surface area contributed by atoms with Gasteiger partial charge >= 0.3 is 5.82 Å². The fourth-order valence-corrected chi connectivity index (χ4v) is 0.764. The molecule has 0 aliphatic rings. The molecule has 0 spiro atoms. The molecule has 58 valence electrons. The highest BCUT2D eigenvalue weighted by Gasteiger charge is 2.05. The molecule has 0 aliphatic heterocycles. The summed E-state index contributed by atoms with van der Waals surface area (Å²) in [7, 11) is 0. The van der Waals surface area contributed by atoms with Crippen LogP contribution in [0.3, 0.4) is 0 Å². The Kier molecular flexibility index (Phi) is 2.22. The van der Waals surface area contributed by atoms with Crippen molar-refractivity contribution >= 4 is 23.1 Å². The van der Waals surface area contributed by atoms with E-state index in [0.717, 1.165) is 4.73 Å². The smallest absolute Gasteiger partial charge is 0.320 e. The van der Waals surface area contributed by atoms with Crippen molar-refractivity contribution in [3.63, 3.8) is 0 Å². The summed E-state index contributed by atoms with van der Waals surface area (Å²) in [6.07, 6.45) is 1.47. The summed E-state index contributed by atoms with van der Waals surface area (Å²) in [5.41, 5.74) is 5.19. The number of hydrogen-bond donors (Lipinski definition) is 3. The fraction of sp³-hybridized carbons (Fsp3) is 0. The molecule has 4 N–H and O–H groups in total. The first-order valence-corrected chi connectivity index (χ1v) is 3.37. The minimum Gasteiger partial charge on any atom is -0.357 e. The fourth-order valence-electron chi connectivity index (χ4n) is 0.660. The van der Waals surface area contributed by atoms with Crippen molar-refractivity contribution in [1.82, 2.24) is 0 Å². The van der Waals surface area contributed by atoms with E-state index in [-0.39, 0.29) is 5.11 Å². The normalized spacial score (nSPS) is 9.09. The molecular formula is C6H8N3OS+. The van der Waals surface area contributed by atoms with E-state index in [4.69, 9.17) is 10.9 Å². The lowest BCUT2D eigenvalue weighted by Crippen LogP contribution is -2.36. The minimum atomic E-state index is 0.124. The molecule has 1 heterocycles. The molecule has 1 aromatic heterocycles. The van der Waals surface area contributed by atoms with E-state index in [9.17, 15) is 0 Å². The monoisotopic (exact) mass is 170 g/mol. The largest absolute Gasteiger partial charge is 0.357 e. The van der Waals surface area contributed by atoms with E-state index < -0.39 is 0 Å². The Labute approximate surface area is 69.2 Å². The number of nitrogens with zero attached hydrogens (tertiary/aromatic N) is 1. The second-order valence-corrected chi connectivity index (χ2v) is 2.36. The lowest BCUT2D eigenvalue weighted by molar-refractivity contribution is -0.893. The van der Waals surface area contributed by atoms with E-state index in [0.29, 0.717) is 5.82 Å². The van der Waals surface area contributed by atoms with Gasteiger partial charge in [0.25, 0.3) is 5.11 Å². The van der Waals surface area contributed by atoms with Crippen LogP contribution in [0.25, 0.3) is 0 Å². The topological polar surface area (TPSA) is 62.2 Å². The van der Waals surface area contributed by atoms with Crippen molar-refractivity contribution in [3.05, 3.63) is 24.4 Å². The highest BCUT2D eigenvalue weighted by atomic mass is 32.1. The van der Waals surface area contributed by atoms with Crippen molar-refractivity contribution < 1.29 is 9.94 Å². The average molecular weight is 170 g/mol. The van der Waals surface area contributed by atoms with Crippen LogP contribution in [-0.4, -0.2) is 10.3 Å². The van der Waals surface area contributed by atoms with Crippen LogP contribution in [0.1, 0.15) is 0 Å². The molecule has 1 rings (SSSR count). The first-order valence-electron chi connectivity index (χ1n) is 2.96. The predicted octanol–water partition coefficient (Wildman–Crippen LogP) is -0.133. The summed E-state index contributed by atoms with van der Waals surface area (Å²) in [5.74, 6) is 0.444. The van der Waals surface area contributed by atoms with E-state index >= 15 is 0 Å². The van der Waals surface area contributed by atoms with Crippen LogP contribution in [0.4, 0.5) is 5.82 Å². The molecule has 0 amide bonds. The molecule has 0 fully saturated rings. The Morgan fingerprint density at radius 2 is 2.36 bits per heavy atom. The standard InChI is InChI=1S/C6H7N3OS/c7-6(11)8-5-3-1-2-4-9(5)10/h1-4,10H,(H2,7,11)/p+1. The van der Waals surface area contributed by atoms with Crippen LogP contribution in [0, 0.1) is 0 Å². The molecule has 0 bridgehead atoms. The van der Waals surface area contributed by atoms with Gasteiger partial charge in [-0.1, -0.05) is 10.8 Å². The Hall–Kier alpha value is -1.36. The van der Waals surface area contributed by atoms with Crippen molar-refractivity contribution in [3.8, 4) is 0 Å². The van der Waals surface area contributed by atoms with Gasteiger partial charge in [-0.15, -0.1) is 0 Å². The average Bonchev–Trinajstić information content (AvgIpc) is 1.93. The van der Waals surface area contributed by atoms with Crippen LogP contribution in [0.5, 0.6) is 0 Å². The maximum Gasteiger partial charge on any atom is 0.320 e. The lowest BCUT2D eigenvalue weighted by atomic mass is 10.5. The number of anilines is 1. The number of aromatic nitrogens is 1. The van der Waals surface area contributed by atoms with Gasteiger partial charge in [0.15, 0.2) is 0 Å². The summed E-state index contributed by atoms with van der Waals surface area (Å²) in [6, 6.07) is 5.09. The molecule has 0 atom stereocenters. The van der Waals surface area contributed by atoms with Gasteiger partial charge in [-0.2, -0.15) is 0 Å². The molecule has 11 heavy (non-hydrogen) atoms.